The normalized spacial score (nSPS) is 36.7. The van der Waals surface area contributed by atoms with E-state index < -0.39 is 9.84 Å². The largest absolute Gasteiger partial charge is 0.223 e. The molecule has 0 bridgehead atoms. The highest BCUT2D eigenvalue weighted by molar-refractivity contribution is 7.92. The van der Waals surface area contributed by atoms with Gasteiger partial charge in [0.1, 0.15) is 0 Å². The van der Waals surface area contributed by atoms with Gasteiger partial charge in [-0.2, -0.15) is 0 Å². The molecule has 4 atom stereocenters. The van der Waals surface area contributed by atoms with Crippen LogP contribution in [-0.4, -0.2) is 13.7 Å². The predicted octanol–water partition coefficient (Wildman–Crippen LogP) is 7.35. The van der Waals surface area contributed by atoms with Crippen molar-refractivity contribution in [2.24, 2.45) is 35.5 Å². The third-order valence-corrected chi connectivity index (χ3v) is 11.8. The molecule has 0 N–H and O–H groups in total. The number of hydrogen-bond acceptors (Lipinski definition) is 2. The molecule has 5 rings (SSSR count). The maximum Gasteiger partial charge on any atom is 0.181 e. The second-order valence-electron chi connectivity index (χ2n) is 11.7. The first kappa shape index (κ1) is 22.0. The Morgan fingerprint density at radius 3 is 1.48 bits per heavy atom. The fraction of sp³-hybridized carbons (Fsp3) is 0.786. The van der Waals surface area contributed by atoms with Crippen LogP contribution in [0.15, 0.2) is 29.2 Å². The highest BCUT2D eigenvalue weighted by Crippen LogP contribution is 2.50. The lowest BCUT2D eigenvalue weighted by Gasteiger charge is -2.24. The molecule has 31 heavy (non-hydrogen) atoms. The average molecular weight is 443 g/mol. The van der Waals surface area contributed by atoms with E-state index in [1.807, 2.05) is 31.2 Å². The molecule has 1 aromatic rings. The summed E-state index contributed by atoms with van der Waals surface area (Å²) in [6.07, 6.45) is 18.1. The molecule has 4 fully saturated rings. The molecule has 0 amide bonds. The lowest BCUT2D eigenvalue weighted by Crippen LogP contribution is -2.26. The van der Waals surface area contributed by atoms with Crippen LogP contribution in [0.25, 0.3) is 0 Å². The summed E-state index contributed by atoms with van der Waals surface area (Å²) in [5.41, 5.74) is 1.13. The van der Waals surface area contributed by atoms with Crippen molar-refractivity contribution in [2.75, 3.05) is 0 Å². The molecule has 0 saturated heterocycles. The summed E-state index contributed by atoms with van der Waals surface area (Å²) in [7, 11) is -3.26. The van der Waals surface area contributed by atoms with Crippen LogP contribution >= 0.6 is 0 Å². The number of fused-ring (bicyclic) bond motifs is 2. The highest BCUT2D eigenvalue weighted by Gasteiger charge is 2.42. The minimum absolute atomic E-state index is 0.175. The van der Waals surface area contributed by atoms with Gasteiger partial charge < -0.3 is 0 Å². The molecule has 4 aliphatic rings. The van der Waals surface area contributed by atoms with E-state index in [9.17, 15) is 8.42 Å². The molecule has 4 aliphatic carbocycles. The van der Waals surface area contributed by atoms with Crippen molar-refractivity contribution < 1.29 is 8.42 Å². The molecule has 4 unspecified atom stereocenters. The van der Waals surface area contributed by atoms with E-state index >= 15 is 0 Å². The fourth-order valence-corrected chi connectivity index (χ4v) is 10.1. The van der Waals surface area contributed by atoms with Crippen LogP contribution in [0.2, 0.25) is 0 Å². The van der Waals surface area contributed by atoms with E-state index in [-0.39, 0.29) is 5.25 Å². The Morgan fingerprint density at radius 2 is 1.10 bits per heavy atom. The second-order valence-corrected chi connectivity index (χ2v) is 14.0. The van der Waals surface area contributed by atoms with Crippen LogP contribution < -0.4 is 0 Å². The standard InChI is InChI=1S/C28H42O2S/c1-20-10-12-27(13-11-20)31(29,30)28(18-21-14-23-6-2-3-7-24(23)15-21)19-22-16-25-8-4-5-9-26(25)17-22/h10-13,21-26,28H,2-9,14-19H2,1H3. The van der Waals surface area contributed by atoms with Gasteiger partial charge >= 0.3 is 0 Å². The first-order valence-corrected chi connectivity index (χ1v) is 14.8. The summed E-state index contributed by atoms with van der Waals surface area (Å²) in [5, 5.41) is -0.175. The van der Waals surface area contributed by atoms with E-state index in [0.29, 0.717) is 16.7 Å². The molecule has 0 spiro atoms. The number of rotatable bonds is 6. The molecule has 1 aromatic carbocycles. The maximum atomic E-state index is 13.8. The van der Waals surface area contributed by atoms with Crippen molar-refractivity contribution in [1.82, 2.24) is 0 Å². The molecule has 3 heteroatoms. The molecule has 0 aliphatic heterocycles. The number of hydrogen-bond donors (Lipinski definition) is 0. The van der Waals surface area contributed by atoms with Gasteiger partial charge in [-0.25, -0.2) is 8.42 Å². The minimum Gasteiger partial charge on any atom is -0.223 e. The van der Waals surface area contributed by atoms with Crippen LogP contribution in [0.1, 0.15) is 95.5 Å². The summed E-state index contributed by atoms with van der Waals surface area (Å²) in [4.78, 5) is 0.564. The Hall–Kier alpha value is -0.830. The minimum atomic E-state index is -3.26. The summed E-state index contributed by atoms with van der Waals surface area (Å²) < 4.78 is 27.7. The Morgan fingerprint density at radius 1 is 0.710 bits per heavy atom. The topological polar surface area (TPSA) is 34.1 Å². The zero-order chi connectivity index (χ0) is 21.4. The summed E-state index contributed by atoms with van der Waals surface area (Å²) in [6.45, 7) is 2.04. The molecular weight excluding hydrogens is 400 g/mol. The van der Waals surface area contributed by atoms with Gasteiger partial charge in [0.2, 0.25) is 0 Å². The van der Waals surface area contributed by atoms with Crippen molar-refractivity contribution in [1.29, 1.82) is 0 Å². The quantitative estimate of drug-likeness (QED) is 0.461. The first-order valence-electron chi connectivity index (χ1n) is 13.3. The molecule has 2 nitrogen and oxygen atoms in total. The summed E-state index contributed by atoms with van der Waals surface area (Å²) >= 11 is 0. The van der Waals surface area contributed by atoms with Gasteiger partial charge in [-0.15, -0.1) is 0 Å². The molecule has 4 saturated carbocycles. The van der Waals surface area contributed by atoms with Gasteiger partial charge in [-0.05, 0) is 93.1 Å². The van der Waals surface area contributed by atoms with Crippen LogP contribution in [0.5, 0.6) is 0 Å². The number of benzene rings is 1. The van der Waals surface area contributed by atoms with Crippen LogP contribution in [0, 0.1) is 42.4 Å². The Bertz CT molecular complexity index is 780. The predicted molar refractivity (Wildman–Crippen MR) is 128 cm³/mol. The molecule has 172 valence electrons. The lowest BCUT2D eigenvalue weighted by atomic mass is 9.82. The first-order chi connectivity index (χ1) is 15.0. The SMILES string of the molecule is Cc1ccc(S(=O)(=O)C(CC2CC3CCCCC3C2)CC2CC3CCCCC3C2)cc1. The third kappa shape index (κ3) is 4.77. The van der Waals surface area contributed by atoms with Gasteiger partial charge in [-0.1, -0.05) is 69.1 Å². The van der Waals surface area contributed by atoms with E-state index in [2.05, 4.69) is 0 Å². The molecule has 0 aromatic heterocycles. The third-order valence-electron chi connectivity index (χ3n) is 9.66. The fourth-order valence-electron chi connectivity index (χ4n) is 8.11. The molecular formula is C28H42O2S. The van der Waals surface area contributed by atoms with Crippen LogP contribution in [-0.2, 0) is 9.84 Å². The Kier molecular flexibility index (Phi) is 6.52. The van der Waals surface area contributed by atoms with Gasteiger partial charge in [0.05, 0.1) is 10.1 Å². The van der Waals surface area contributed by atoms with E-state index in [1.165, 1.54) is 77.0 Å². The maximum absolute atomic E-state index is 13.8. The summed E-state index contributed by atoms with van der Waals surface area (Å²) in [5.74, 6) is 4.79. The Labute approximate surface area is 190 Å². The van der Waals surface area contributed by atoms with Gasteiger partial charge in [0, 0.05) is 0 Å². The van der Waals surface area contributed by atoms with Gasteiger partial charge in [-0.3, -0.25) is 0 Å². The summed E-state index contributed by atoms with van der Waals surface area (Å²) in [6, 6.07) is 7.66. The van der Waals surface area contributed by atoms with Crippen molar-refractivity contribution in [2.45, 2.75) is 107 Å². The van der Waals surface area contributed by atoms with E-state index in [0.717, 1.165) is 42.1 Å². The number of aryl methyl sites for hydroxylation is 1. The van der Waals surface area contributed by atoms with Crippen molar-refractivity contribution in [3.8, 4) is 0 Å². The smallest absolute Gasteiger partial charge is 0.181 e. The monoisotopic (exact) mass is 442 g/mol. The van der Waals surface area contributed by atoms with Crippen LogP contribution in [0.4, 0.5) is 0 Å². The van der Waals surface area contributed by atoms with E-state index in [1.54, 1.807) is 0 Å². The van der Waals surface area contributed by atoms with Crippen molar-refractivity contribution in [3.63, 3.8) is 0 Å². The lowest BCUT2D eigenvalue weighted by molar-refractivity contribution is 0.277. The van der Waals surface area contributed by atoms with E-state index in [4.69, 9.17) is 0 Å². The van der Waals surface area contributed by atoms with Gasteiger partial charge in [0.25, 0.3) is 0 Å². The average Bonchev–Trinajstić information content (AvgIpc) is 3.36. The number of sulfone groups is 1. The molecule has 0 heterocycles. The Balaban J connectivity index is 1.34. The highest BCUT2D eigenvalue weighted by atomic mass is 32.2. The zero-order valence-corrected chi connectivity index (χ0v) is 20.3. The van der Waals surface area contributed by atoms with Crippen LogP contribution in [0.3, 0.4) is 0 Å². The molecule has 0 radical (unpaired) electrons. The van der Waals surface area contributed by atoms with Crippen molar-refractivity contribution >= 4 is 9.84 Å². The second kappa shape index (κ2) is 9.20. The van der Waals surface area contributed by atoms with Gasteiger partial charge in [0.15, 0.2) is 9.84 Å². The zero-order valence-electron chi connectivity index (χ0n) is 19.5. The van der Waals surface area contributed by atoms with Crippen molar-refractivity contribution in [3.05, 3.63) is 29.8 Å².